The van der Waals surface area contributed by atoms with Gasteiger partial charge in [0.15, 0.2) is 5.88 Å². The van der Waals surface area contributed by atoms with Crippen LogP contribution >= 0.6 is 0 Å². The molecule has 0 saturated heterocycles. The Hall–Kier alpha value is -3.03. The Bertz CT molecular complexity index is 1150. The van der Waals surface area contributed by atoms with Crippen LogP contribution in [0.15, 0.2) is 30.3 Å². The van der Waals surface area contributed by atoms with Gasteiger partial charge in [0.1, 0.15) is 0 Å². The fourth-order valence-corrected chi connectivity index (χ4v) is 4.70. The van der Waals surface area contributed by atoms with Crippen LogP contribution in [0.4, 0.5) is 0 Å². The van der Waals surface area contributed by atoms with Crippen LogP contribution in [0, 0.1) is 6.92 Å². The molecular weight excluding hydrogens is 404 g/mol. The highest BCUT2D eigenvalue weighted by atomic mass is 16.3. The lowest BCUT2D eigenvalue weighted by atomic mass is 9.89. The molecule has 1 amide bonds. The van der Waals surface area contributed by atoms with E-state index >= 15 is 0 Å². The fourth-order valence-electron chi connectivity index (χ4n) is 4.70. The molecule has 1 unspecified atom stereocenters. The molecule has 2 aromatic heterocycles. The topological polar surface area (TPSA) is 104 Å². The molecule has 1 atom stereocenters. The second-order valence-electron chi connectivity index (χ2n) is 8.38. The molecule has 3 aromatic rings. The second kappa shape index (κ2) is 9.22. The average molecular weight is 437 g/mol. The number of nitrogens with zero attached hydrogens (tertiary/aromatic N) is 1. The summed E-state index contributed by atoms with van der Waals surface area (Å²) in [6, 6.07) is 7.80. The largest absolute Gasteiger partial charge is 0.494 e. The molecule has 1 aliphatic rings. The van der Waals surface area contributed by atoms with E-state index in [1.165, 1.54) is 0 Å². The van der Waals surface area contributed by atoms with E-state index in [2.05, 4.69) is 40.1 Å². The predicted molar refractivity (Wildman–Crippen MR) is 127 cm³/mol. The van der Waals surface area contributed by atoms with Crippen molar-refractivity contribution >= 4 is 22.4 Å². The molecule has 7 nitrogen and oxygen atoms in total. The Kier molecular flexibility index (Phi) is 6.39. The van der Waals surface area contributed by atoms with E-state index in [4.69, 9.17) is 0 Å². The number of likely N-dealkylation sites (N-methyl/N-ethyl adjacent to an activating group) is 1. The minimum Gasteiger partial charge on any atom is -0.494 e. The van der Waals surface area contributed by atoms with Gasteiger partial charge in [-0.25, -0.2) is 0 Å². The lowest BCUT2D eigenvalue weighted by molar-refractivity contribution is 0.0868. The summed E-state index contributed by atoms with van der Waals surface area (Å²) in [5.74, 6) is -0.0499. The number of aliphatic hydroxyl groups excluding tert-OH is 1. The molecule has 0 radical (unpaired) electrons. The number of carbonyl (C=O) groups excluding carboxylic acids is 1. The number of hydrogen-bond acceptors (Lipinski definition) is 4. The minimum atomic E-state index is -0.618. The van der Waals surface area contributed by atoms with Crippen LogP contribution in [-0.2, 0) is 6.42 Å². The average Bonchev–Trinajstić information content (AvgIpc) is 3.30. The van der Waals surface area contributed by atoms with E-state index in [1.807, 2.05) is 31.2 Å². The van der Waals surface area contributed by atoms with Gasteiger partial charge in [0.05, 0.1) is 22.9 Å². The van der Waals surface area contributed by atoms with E-state index in [0.717, 1.165) is 64.9 Å². The molecule has 170 valence electrons. The number of H-pyrrole nitrogens is 2. The maximum absolute atomic E-state index is 13.1. The molecule has 4 rings (SSSR count). The third kappa shape index (κ3) is 4.06. The van der Waals surface area contributed by atoms with Gasteiger partial charge in [0, 0.05) is 35.3 Å². The van der Waals surface area contributed by atoms with Gasteiger partial charge in [0.2, 0.25) is 0 Å². The Morgan fingerprint density at radius 3 is 2.72 bits per heavy atom. The van der Waals surface area contributed by atoms with Crippen molar-refractivity contribution in [2.75, 3.05) is 26.2 Å². The fraction of sp³-hybridized carbons (Fsp3) is 0.400. The van der Waals surface area contributed by atoms with Crippen molar-refractivity contribution in [3.63, 3.8) is 0 Å². The number of aryl methyl sites for hydroxylation is 1. The molecule has 2 heterocycles. The SMILES string of the molecule is CCN(CC)CC(O)CNC(=O)c1c(C)[nH]c2c1CCC=C2c1c(O)[nH]c2ccccc12. The van der Waals surface area contributed by atoms with Crippen molar-refractivity contribution in [2.24, 2.45) is 0 Å². The van der Waals surface area contributed by atoms with E-state index < -0.39 is 6.10 Å². The summed E-state index contributed by atoms with van der Waals surface area (Å²) in [5, 5.41) is 24.8. The van der Waals surface area contributed by atoms with Crippen LogP contribution in [0.3, 0.4) is 0 Å². The highest BCUT2D eigenvalue weighted by Crippen LogP contribution is 2.41. The standard InChI is InChI=1S/C25H32N4O3/c1-4-29(5-2)14-16(30)13-26-24(31)21-15(3)27-23-18(21)10-8-11-19(23)22-17-9-6-7-12-20(17)28-25(22)32/h6-7,9,11-12,16,27-28,30,32H,4-5,8,10,13-14H2,1-3H3,(H,26,31). The van der Waals surface area contributed by atoms with E-state index in [9.17, 15) is 15.0 Å². The van der Waals surface area contributed by atoms with Crippen molar-refractivity contribution in [1.82, 2.24) is 20.2 Å². The number of amides is 1. The zero-order valence-electron chi connectivity index (χ0n) is 19.0. The number of benzene rings is 1. The Balaban J connectivity index is 1.59. The number of carbonyl (C=O) groups is 1. The molecule has 5 N–H and O–H groups in total. The number of aromatic amines is 2. The molecule has 0 spiro atoms. The number of allylic oxidation sites excluding steroid dienone is 1. The first kappa shape index (κ1) is 22.2. The van der Waals surface area contributed by atoms with Crippen LogP contribution < -0.4 is 5.32 Å². The van der Waals surface area contributed by atoms with Crippen molar-refractivity contribution in [3.05, 3.63) is 58.4 Å². The Labute approximate surface area is 188 Å². The minimum absolute atomic E-state index is 0.128. The molecule has 0 bridgehead atoms. The quantitative estimate of drug-likeness (QED) is 0.374. The molecule has 0 aliphatic heterocycles. The van der Waals surface area contributed by atoms with Crippen LogP contribution in [0.25, 0.3) is 16.5 Å². The number of aromatic nitrogens is 2. The van der Waals surface area contributed by atoms with Gasteiger partial charge in [-0.05, 0) is 44.5 Å². The van der Waals surface area contributed by atoms with Gasteiger partial charge in [-0.2, -0.15) is 0 Å². The van der Waals surface area contributed by atoms with Crippen molar-refractivity contribution < 1.29 is 15.0 Å². The van der Waals surface area contributed by atoms with Crippen LogP contribution in [0.5, 0.6) is 5.88 Å². The normalized spacial score (nSPS) is 14.5. The molecule has 0 saturated carbocycles. The monoisotopic (exact) mass is 436 g/mol. The van der Waals surface area contributed by atoms with Crippen molar-refractivity contribution in [3.8, 4) is 5.88 Å². The van der Waals surface area contributed by atoms with Crippen molar-refractivity contribution in [2.45, 2.75) is 39.7 Å². The zero-order valence-corrected chi connectivity index (χ0v) is 19.0. The van der Waals surface area contributed by atoms with Crippen LogP contribution in [-0.4, -0.2) is 63.3 Å². The van der Waals surface area contributed by atoms with Crippen LogP contribution in [0.1, 0.15) is 53.1 Å². The van der Waals surface area contributed by atoms with Gasteiger partial charge in [-0.1, -0.05) is 38.1 Å². The molecule has 1 aliphatic carbocycles. The Morgan fingerprint density at radius 1 is 1.22 bits per heavy atom. The first-order valence-corrected chi connectivity index (χ1v) is 11.3. The summed E-state index contributed by atoms with van der Waals surface area (Å²) in [5.41, 5.74) is 5.80. The van der Waals surface area contributed by atoms with Crippen molar-refractivity contribution in [1.29, 1.82) is 0 Å². The van der Waals surface area contributed by atoms with Gasteiger partial charge >= 0.3 is 0 Å². The van der Waals surface area contributed by atoms with Gasteiger partial charge in [-0.3, -0.25) is 4.79 Å². The molecular formula is C25H32N4O3. The highest BCUT2D eigenvalue weighted by Gasteiger charge is 2.28. The smallest absolute Gasteiger partial charge is 0.253 e. The summed E-state index contributed by atoms with van der Waals surface area (Å²) in [4.78, 5) is 21.6. The molecule has 0 fully saturated rings. The van der Waals surface area contributed by atoms with Crippen LogP contribution in [0.2, 0.25) is 0 Å². The summed E-state index contributed by atoms with van der Waals surface area (Å²) in [7, 11) is 0. The number of nitrogens with one attached hydrogen (secondary N) is 3. The molecule has 7 heteroatoms. The number of rotatable bonds is 8. The van der Waals surface area contributed by atoms with E-state index in [-0.39, 0.29) is 18.3 Å². The summed E-state index contributed by atoms with van der Waals surface area (Å²) >= 11 is 0. The second-order valence-corrected chi connectivity index (χ2v) is 8.38. The van der Waals surface area contributed by atoms with Gasteiger partial charge < -0.3 is 30.4 Å². The third-order valence-electron chi connectivity index (χ3n) is 6.35. The highest BCUT2D eigenvalue weighted by molar-refractivity contribution is 6.03. The lowest BCUT2D eigenvalue weighted by Crippen LogP contribution is -2.40. The summed E-state index contributed by atoms with van der Waals surface area (Å²) < 4.78 is 0. The number of aliphatic hydroxyl groups is 1. The van der Waals surface area contributed by atoms with Gasteiger partial charge in [-0.15, -0.1) is 0 Å². The zero-order chi connectivity index (χ0) is 22.8. The summed E-state index contributed by atoms with van der Waals surface area (Å²) in [6.07, 6.45) is 3.02. The van der Waals surface area contributed by atoms with Gasteiger partial charge in [0.25, 0.3) is 5.91 Å². The van der Waals surface area contributed by atoms with E-state index in [0.29, 0.717) is 12.1 Å². The maximum atomic E-state index is 13.1. The maximum Gasteiger partial charge on any atom is 0.253 e. The number of fused-ring (bicyclic) bond motifs is 2. The predicted octanol–water partition coefficient (Wildman–Crippen LogP) is 3.32. The first-order chi connectivity index (χ1) is 15.4. The Morgan fingerprint density at radius 2 is 1.97 bits per heavy atom. The number of para-hydroxylation sites is 1. The number of hydrogen-bond donors (Lipinski definition) is 5. The number of aromatic hydroxyl groups is 1. The third-order valence-corrected chi connectivity index (χ3v) is 6.35. The summed E-state index contributed by atoms with van der Waals surface area (Å²) in [6.45, 7) is 8.47. The first-order valence-electron chi connectivity index (χ1n) is 11.3. The molecule has 1 aromatic carbocycles. The molecule has 32 heavy (non-hydrogen) atoms. The van der Waals surface area contributed by atoms with E-state index in [1.54, 1.807) is 0 Å². The lowest BCUT2D eigenvalue weighted by Gasteiger charge is -2.22.